The molecule has 0 spiro atoms. The first kappa shape index (κ1) is 31.1. The van der Waals surface area contributed by atoms with Gasteiger partial charge in [0, 0.05) is 33.2 Å². The van der Waals surface area contributed by atoms with Gasteiger partial charge >= 0.3 is 0 Å². The molecule has 0 aliphatic carbocycles. The smallest absolute Gasteiger partial charge is 0.165 e. The SMILES string of the molecule is c1ccc(-c2nc(-c3ccc(-c4ccc5c6ccccc6n(-c6ccccc6)c5c4)cc3)nc(-c3c4ccccc4cc4c3ccc3ccccc34)n2)cc1. The van der Waals surface area contributed by atoms with Crippen molar-refractivity contribution >= 4 is 54.1 Å². The monoisotopic (exact) mass is 700 g/mol. The van der Waals surface area contributed by atoms with Gasteiger partial charge in [-0.25, -0.2) is 15.0 Å². The summed E-state index contributed by atoms with van der Waals surface area (Å²) in [4.78, 5) is 15.6. The highest BCUT2D eigenvalue weighted by atomic mass is 15.0. The fraction of sp³-hybridized carbons (Fsp3) is 0. The van der Waals surface area contributed by atoms with Crippen LogP contribution in [0.3, 0.4) is 0 Å². The van der Waals surface area contributed by atoms with E-state index >= 15 is 0 Å². The molecular weight excluding hydrogens is 669 g/mol. The maximum atomic E-state index is 5.27. The normalized spacial score (nSPS) is 11.6. The molecule has 0 atom stereocenters. The average molecular weight is 701 g/mol. The number of fused-ring (bicyclic) bond motifs is 7. The summed E-state index contributed by atoms with van der Waals surface area (Å²) in [6.07, 6.45) is 0. The van der Waals surface area contributed by atoms with Crippen molar-refractivity contribution in [3.8, 4) is 51.0 Å². The van der Waals surface area contributed by atoms with Crippen LogP contribution in [0.25, 0.3) is 105 Å². The molecule has 0 bridgehead atoms. The molecule has 11 aromatic rings. The molecule has 0 saturated carbocycles. The van der Waals surface area contributed by atoms with Gasteiger partial charge in [-0.1, -0.05) is 164 Å². The van der Waals surface area contributed by atoms with Crippen molar-refractivity contribution in [2.24, 2.45) is 0 Å². The summed E-state index contributed by atoms with van der Waals surface area (Å²) in [6, 6.07) is 68.7. The summed E-state index contributed by atoms with van der Waals surface area (Å²) in [7, 11) is 0. The standard InChI is InChI=1S/C51H32N4/c1-3-14-35(15-4-1)49-52-50(54-51(53-49)48-41-20-10-8-16-38(41)31-45-40-19-9-7-13-34(40)27-30-44(45)48)36-25-23-33(24-26-36)37-28-29-43-42-21-11-12-22-46(42)55(47(43)32-37)39-17-5-2-6-18-39/h1-32H. The van der Waals surface area contributed by atoms with Crippen molar-refractivity contribution < 1.29 is 0 Å². The van der Waals surface area contributed by atoms with Gasteiger partial charge in [0.2, 0.25) is 0 Å². The van der Waals surface area contributed by atoms with E-state index in [4.69, 9.17) is 15.0 Å². The second-order valence-corrected chi connectivity index (χ2v) is 14.0. The highest BCUT2D eigenvalue weighted by Crippen LogP contribution is 2.40. The maximum absolute atomic E-state index is 5.27. The van der Waals surface area contributed by atoms with Gasteiger partial charge in [0.05, 0.1) is 11.0 Å². The Labute approximate surface area is 317 Å². The molecule has 0 amide bonds. The first-order chi connectivity index (χ1) is 27.3. The van der Waals surface area contributed by atoms with E-state index in [1.165, 1.54) is 38.0 Å². The molecule has 0 fully saturated rings. The van der Waals surface area contributed by atoms with E-state index in [2.05, 4.69) is 180 Å². The van der Waals surface area contributed by atoms with Gasteiger partial charge in [0.15, 0.2) is 17.5 Å². The van der Waals surface area contributed by atoms with Crippen molar-refractivity contribution in [3.63, 3.8) is 0 Å². The highest BCUT2D eigenvalue weighted by Gasteiger charge is 2.19. The molecule has 0 saturated heterocycles. The van der Waals surface area contributed by atoms with E-state index in [1.807, 2.05) is 18.2 Å². The quantitative estimate of drug-likeness (QED) is 0.133. The number of para-hydroxylation sites is 2. The van der Waals surface area contributed by atoms with E-state index in [1.54, 1.807) is 0 Å². The van der Waals surface area contributed by atoms with E-state index in [0.29, 0.717) is 17.5 Å². The predicted octanol–water partition coefficient (Wildman–Crippen LogP) is 13.1. The summed E-state index contributed by atoms with van der Waals surface area (Å²) in [5, 5.41) is 9.46. The Kier molecular flexibility index (Phi) is 7.14. The molecule has 11 rings (SSSR count). The lowest BCUT2D eigenvalue weighted by molar-refractivity contribution is 1.08. The molecule has 2 heterocycles. The van der Waals surface area contributed by atoms with E-state index in [0.717, 1.165) is 49.7 Å². The van der Waals surface area contributed by atoms with Crippen molar-refractivity contribution in [2.45, 2.75) is 0 Å². The van der Waals surface area contributed by atoms with E-state index in [-0.39, 0.29) is 0 Å². The summed E-state index contributed by atoms with van der Waals surface area (Å²) < 4.78 is 2.36. The number of hydrogen-bond donors (Lipinski definition) is 0. The fourth-order valence-corrected chi connectivity index (χ4v) is 8.21. The minimum Gasteiger partial charge on any atom is -0.309 e. The van der Waals surface area contributed by atoms with Crippen molar-refractivity contribution in [3.05, 3.63) is 194 Å². The van der Waals surface area contributed by atoms with Gasteiger partial charge in [0.1, 0.15) is 0 Å². The molecular formula is C51H32N4. The third-order valence-electron chi connectivity index (χ3n) is 10.8. The Balaban J connectivity index is 1.08. The van der Waals surface area contributed by atoms with Crippen LogP contribution in [0.1, 0.15) is 0 Å². The van der Waals surface area contributed by atoms with Crippen LogP contribution in [0, 0.1) is 0 Å². The second-order valence-electron chi connectivity index (χ2n) is 14.0. The van der Waals surface area contributed by atoms with Gasteiger partial charge in [-0.3, -0.25) is 0 Å². The Morgan fingerprint density at radius 2 is 0.836 bits per heavy atom. The van der Waals surface area contributed by atoms with Crippen molar-refractivity contribution in [2.75, 3.05) is 0 Å². The molecule has 55 heavy (non-hydrogen) atoms. The maximum Gasteiger partial charge on any atom is 0.165 e. The first-order valence-corrected chi connectivity index (χ1v) is 18.6. The third-order valence-corrected chi connectivity index (χ3v) is 10.8. The highest BCUT2D eigenvalue weighted by molar-refractivity contribution is 6.19. The lowest BCUT2D eigenvalue weighted by atomic mass is 9.93. The number of hydrogen-bond acceptors (Lipinski definition) is 3. The number of benzene rings is 9. The Morgan fingerprint density at radius 1 is 0.291 bits per heavy atom. The van der Waals surface area contributed by atoms with E-state index < -0.39 is 0 Å². The van der Waals surface area contributed by atoms with Gasteiger partial charge in [0.25, 0.3) is 0 Å². The summed E-state index contributed by atoms with van der Waals surface area (Å²) >= 11 is 0. The summed E-state index contributed by atoms with van der Waals surface area (Å²) in [5.74, 6) is 1.94. The Morgan fingerprint density at radius 3 is 1.62 bits per heavy atom. The zero-order chi connectivity index (χ0) is 36.3. The first-order valence-electron chi connectivity index (χ1n) is 18.6. The van der Waals surface area contributed by atoms with Crippen LogP contribution < -0.4 is 0 Å². The summed E-state index contributed by atoms with van der Waals surface area (Å²) in [6.45, 7) is 0. The molecule has 4 nitrogen and oxygen atoms in total. The molecule has 0 aliphatic rings. The summed E-state index contributed by atoms with van der Waals surface area (Å²) in [5.41, 5.74) is 8.68. The van der Waals surface area contributed by atoms with Crippen LogP contribution in [-0.4, -0.2) is 19.5 Å². The molecule has 0 unspecified atom stereocenters. The van der Waals surface area contributed by atoms with Gasteiger partial charge < -0.3 is 4.57 Å². The number of rotatable bonds is 5. The average Bonchev–Trinajstić information content (AvgIpc) is 3.59. The molecule has 2 aromatic heterocycles. The molecule has 4 heteroatoms. The molecule has 256 valence electrons. The number of nitrogens with zero attached hydrogens (tertiary/aromatic N) is 4. The van der Waals surface area contributed by atoms with Crippen LogP contribution in [-0.2, 0) is 0 Å². The topological polar surface area (TPSA) is 43.6 Å². The van der Waals surface area contributed by atoms with Crippen molar-refractivity contribution in [1.82, 2.24) is 19.5 Å². The minimum atomic E-state index is 0.636. The Hall–Kier alpha value is -7.43. The minimum absolute atomic E-state index is 0.636. The molecule has 0 aliphatic heterocycles. The zero-order valence-electron chi connectivity index (χ0n) is 29.8. The largest absolute Gasteiger partial charge is 0.309 e. The Bertz CT molecular complexity index is 3240. The predicted molar refractivity (Wildman–Crippen MR) is 228 cm³/mol. The van der Waals surface area contributed by atoms with Gasteiger partial charge in [-0.2, -0.15) is 0 Å². The van der Waals surface area contributed by atoms with Crippen LogP contribution in [0.4, 0.5) is 0 Å². The van der Waals surface area contributed by atoms with Crippen LogP contribution in [0.5, 0.6) is 0 Å². The molecule has 0 radical (unpaired) electrons. The van der Waals surface area contributed by atoms with Crippen LogP contribution in [0.15, 0.2) is 194 Å². The fourth-order valence-electron chi connectivity index (χ4n) is 8.21. The second kappa shape index (κ2) is 12.6. The van der Waals surface area contributed by atoms with Crippen LogP contribution >= 0.6 is 0 Å². The van der Waals surface area contributed by atoms with Gasteiger partial charge in [-0.05, 0) is 73.8 Å². The molecule has 0 N–H and O–H groups in total. The lowest BCUT2D eigenvalue weighted by Gasteiger charge is -2.14. The van der Waals surface area contributed by atoms with Gasteiger partial charge in [-0.15, -0.1) is 0 Å². The number of aromatic nitrogens is 4. The van der Waals surface area contributed by atoms with Crippen LogP contribution in [0.2, 0.25) is 0 Å². The molecule has 9 aromatic carbocycles. The third kappa shape index (κ3) is 5.19. The van der Waals surface area contributed by atoms with Crippen molar-refractivity contribution in [1.29, 1.82) is 0 Å². The zero-order valence-corrected chi connectivity index (χ0v) is 29.8. The van der Waals surface area contributed by atoms with E-state index in [9.17, 15) is 0 Å². The lowest BCUT2D eigenvalue weighted by Crippen LogP contribution is -2.01.